The number of aryl methyl sites for hydroxylation is 1. The molecule has 0 spiro atoms. The van der Waals surface area contributed by atoms with Crippen LogP contribution >= 0.6 is 23.2 Å². The monoisotopic (exact) mass is 440 g/mol. The Labute approximate surface area is 182 Å². The van der Waals surface area contributed by atoms with Crippen LogP contribution in [0.2, 0.25) is 10.0 Å². The summed E-state index contributed by atoms with van der Waals surface area (Å²) in [5, 5.41) is 4.22. The van der Waals surface area contributed by atoms with Crippen molar-refractivity contribution in [1.29, 1.82) is 0 Å². The Morgan fingerprint density at radius 2 is 1.83 bits per heavy atom. The number of nitrogens with one attached hydrogen (secondary N) is 2. The summed E-state index contributed by atoms with van der Waals surface area (Å²) in [5.41, 5.74) is 9.04. The molecule has 0 atom stereocenters. The van der Waals surface area contributed by atoms with Crippen LogP contribution < -0.4 is 11.1 Å². The van der Waals surface area contributed by atoms with Gasteiger partial charge in [-0.1, -0.05) is 35.3 Å². The van der Waals surface area contributed by atoms with Crippen molar-refractivity contribution in [2.24, 2.45) is 5.73 Å². The second-order valence-electron chi connectivity index (χ2n) is 6.70. The zero-order chi connectivity index (χ0) is 21.1. The van der Waals surface area contributed by atoms with Gasteiger partial charge < -0.3 is 16.0 Å². The molecule has 30 heavy (non-hydrogen) atoms. The van der Waals surface area contributed by atoms with E-state index in [-0.39, 0.29) is 0 Å². The number of aromatic nitrogens is 4. The van der Waals surface area contributed by atoms with E-state index in [4.69, 9.17) is 28.9 Å². The number of aromatic amines is 1. The van der Waals surface area contributed by atoms with E-state index in [0.717, 1.165) is 41.0 Å². The number of primary amides is 1. The molecule has 0 radical (unpaired) electrons. The lowest BCUT2D eigenvalue weighted by atomic mass is 10.1. The standard InChI is InChI=1S/C21H18Cl2N6O/c22-14-10-17-18(11-15(14)23)28-19(27-17)2-1-8-25-21-26-9-7-16(29-21)12-3-5-13(6-4-12)20(24)30/h3-7,9-11H,1-2,8H2,(H2,24,30)(H,27,28)(H,25,26,29). The second-order valence-corrected chi connectivity index (χ2v) is 7.52. The summed E-state index contributed by atoms with van der Waals surface area (Å²) in [5.74, 6) is 0.950. The van der Waals surface area contributed by atoms with Crippen LogP contribution in [0.15, 0.2) is 48.7 Å². The average Bonchev–Trinajstić information content (AvgIpc) is 3.13. The van der Waals surface area contributed by atoms with Crippen molar-refractivity contribution >= 4 is 46.1 Å². The van der Waals surface area contributed by atoms with Gasteiger partial charge in [-0.2, -0.15) is 0 Å². The van der Waals surface area contributed by atoms with Gasteiger partial charge in [0.15, 0.2) is 0 Å². The van der Waals surface area contributed by atoms with Gasteiger partial charge in [-0.15, -0.1) is 0 Å². The number of hydrogen-bond acceptors (Lipinski definition) is 5. The summed E-state index contributed by atoms with van der Waals surface area (Å²) in [6.07, 6.45) is 3.28. The van der Waals surface area contributed by atoms with Gasteiger partial charge in [0.25, 0.3) is 0 Å². The predicted molar refractivity (Wildman–Crippen MR) is 119 cm³/mol. The lowest BCUT2D eigenvalue weighted by molar-refractivity contribution is 0.100. The molecule has 1 amide bonds. The topological polar surface area (TPSA) is 110 Å². The average molecular weight is 441 g/mol. The zero-order valence-electron chi connectivity index (χ0n) is 15.8. The number of carbonyl (C=O) groups is 1. The molecular formula is C21H18Cl2N6O. The Balaban J connectivity index is 1.35. The van der Waals surface area contributed by atoms with Gasteiger partial charge in [-0.3, -0.25) is 4.79 Å². The van der Waals surface area contributed by atoms with Gasteiger partial charge >= 0.3 is 0 Å². The van der Waals surface area contributed by atoms with Crippen LogP contribution in [0.3, 0.4) is 0 Å². The van der Waals surface area contributed by atoms with Gasteiger partial charge in [-0.05, 0) is 36.8 Å². The fourth-order valence-electron chi connectivity index (χ4n) is 3.04. The van der Waals surface area contributed by atoms with Crippen LogP contribution in [0.25, 0.3) is 22.3 Å². The molecule has 0 aliphatic carbocycles. The van der Waals surface area contributed by atoms with Crippen molar-refractivity contribution in [3.05, 3.63) is 70.1 Å². The summed E-state index contributed by atoms with van der Waals surface area (Å²) >= 11 is 12.1. The Bertz CT molecular complexity index is 1170. The van der Waals surface area contributed by atoms with Crippen LogP contribution in [0.1, 0.15) is 22.6 Å². The van der Waals surface area contributed by atoms with E-state index in [1.165, 1.54) is 0 Å². The third-order valence-electron chi connectivity index (χ3n) is 4.57. The van der Waals surface area contributed by atoms with E-state index in [1.54, 1.807) is 30.5 Å². The van der Waals surface area contributed by atoms with Crippen LogP contribution in [-0.2, 0) is 6.42 Å². The first kappa shape index (κ1) is 20.1. The Hall–Kier alpha value is -3.16. The summed E-state index contributed by atoms with van der Waals surface area (Å²) in [4.78, 5) is 27.8. The summed E-state index contributed by atoms with van der Waals surface area (Å²) in [7, 11) is 0. The van der Waals surface area contributed by atoms with Gasteiger partial charge in [-0.25, -0.2) is 15.0 Å². The highest BCUT2D eigenvalue weighted by molar-refractivity contribution is 6.42. The van der Waals surface area contributed by atoms with E-state index < -0.39 is 5.91 Å². The minimum Gasteiger partial charge on any atom is -0.366 e. The van der Waals surface area contributed by atoms with Gasteiger partial charge in [0, 0.05) is 30.3 Å². The highest BCUT2D eigenvalue weighted by Crippen LogP contribution is 2.26. The second kappa shape index (κ2) is 8.69. The molecule has 2 heterocycles. The van der Waals surface area contributed by atoms with Crippen molar-refractivity contribution < 1.29 is 4.79 Å². The molecule has 0 bridgehead atoms. The highest BCUT2D eigenvalue weighted by Gasteiger charge is 2.07. The lowest BCUT2D eigenvalue weighted by Gasteiger charge is -2.06. The molecule has 4 aromatic rings. The number of benzene rings is 2. The minimum absolute atomic E-state index is 0.456. The maximum atomic E-state index is 11.2. The smallest absolute Gasteiger partial charge is 0.248 e. The maximum Gasteiger partial charge on any atom is 0.248 e. The number of anilines is 1. The van der Waals surface area contributed by atoms with E-state index in [2.05, 4.69) is 25.3 Å². The molecule has 0 aliphatic rings. The number of fused-ring (bicyclic) bond motifs is 1. The molecule has 152 valence electrons. The third-order valence-corrected chi connectivity index (χ3v) is 5.29. The zero-order valence-corrected chi connectivity index (χ0v) is 17.3. The van der Waals surface area contributed by atoms with Crippen molar-refractivity contribution in [3.8, 4) is 11.3 Å². The van der Waals surface area contributed by atoms with Crippen LogP contribution in [0, 0.1) is 0 Å². The van der Waals surface area contributed by atoms with Crippen molar-refractivity contribution in [1.82, 2.24) is 19.9 Å². The molecule has 4 rings (SSSR count). The number of imidazole rings is 1. The van der Waals surface area contributed by atoms with Crippen molar-refractivity contribution in [2.75, 3.05) is 11.9 Å². The number of hydrogen-bond donors (Lipinski definition) is 3. The molecule has 7 nitrogen and oxygen atoms in total. The van der Waals surface area contributed by atoms with Gasteiger partial charge in [0.1, 0.15) is 5.82 Å². The summed E-state index contributed by atoms with van der Waals surface area (Å²) in [6, 6.07) is 12.3. The molecule has 2 aromatic carbocycles. The number of carbonyl (C=O) groups excluding carboxylic acids is 1. The molecule has 0 unspecified atom stereocenters. The van der Waals surface area contributed by atoms with Crippen molar-refractivity contribution in [2.45, 2.75) is 12.8 Å². The highest BCUT2D eigenvalue weighted by atomic mass is 35.5. The molecule has 9 heteroatoms. The largest absolute Gasteiger partial charge is 0.366 e. The van der Waals surface area contributed by atoms with E-state index >= 15 is 0 Å². The van der Waals surface area contributed by atoms with Crippen LogP contribution in [0.5, 0.6) is 0 Å². The first-order valence-corrected chi connectivity index (χ1v) is 10.1. The molecule has 0 fully saturated rings. The number of nitrogens with zero attached hydrogens (tertiary/aromatic N) is 3. The third kappa shape index (κ3) is 4.53. The minimum atomic E-state index is -0.456. The first-order chi connectivity index (χ1) is 14.5. The number of amides is 1. The summed E-state index contributed by atoms with van der Waals surface area (Å²) < 4.78 is 0. The molecule has 2 aromatic heterocycles. The van der Waals surface area contributed by atoms with E-state index in [1.807, 2.05) is 18.2 Å². The molecule has 4 N–H and O–H groups in total. The fraction of sp³-hybridized carbons (Fsp3) is 0.143. The molecule has 0 aliphatic heterocycles. The Morgan fingerprint density at radius 3 is 2.60 bits per heavy atom. The molecule has 0 saturated carbocycles. The number of halogens is 2. The maximum absolute atomic E-state index is 11.2. The molecule has 0 saturated heterocycles. The van der Waals surface area contributed by atoms with Crippen molar-refractivity contribution in [3.63, 3.8) is 0 Å². The predicted octanol–water partition coefficient (Wildman–Crippen LogP) is 4.47. The number of H-pyrrole nitrogens is 1. The Kier molecular flexibility index (Phi) is 5.83. The normalized spacial score (nSPS) is 11.0. The van der Waals surface area contributed by atoms with Gasteiger partial charge in [0.2, 0.25) is 11.9 Å². The first-order valence-electron chi connectivity index (χ1n) is 9.30. The fourth-order valence-corrected chi connectivity index (χ4v) is 3.36. The van der Waals surface area contributed by atoms with E-state index in [9.17, 15) is 4.79 Å². The van der Waals surface area contributed by atoms with Gasteiger partial charge in [0.05, 0.1) is 26.8 Å². The number of nitrogens with two attached hydrogens (primary N) is 1. The number of rotatable bonds is 7. The molecular weight excluding hydrogens is 423 g/mol. The van der Waals surface area contributed by atoms with Crippen LogP contribution in [-0.4, -0.2) is 32.4 Å². The van der Waals surface area contributed by atoms with E-state index in [0.29, 0.717) is 28.1 Å². The Morgan fingerprint density at radius 1 is 1.07 bits per heavy atom. The quantitative estimate of drug-likeness (QED) is 0.367. The lowest BCUT2D eigenvalue weighted by Crippen LogP contribution is -2.10. The van der Waals surface area contributed by atoms with Crippen LogP contribution in [0.4, 0.5) is 5.95 Å². The summed E-state index contributed by atoms with van der Waals surface area (Å²) in [6.45, 7) is 0.683. The SMILES string of the molecule is NC(=O)c1ccc(-c2ccnc(NCCCc3nc4cc(Cl)c(Cl)cc4[nH]3)n2)cc1.